The van der Waals surface area contributed by atoms with E-state index in [9.17, 15) is 5.11 Å². The van der Waals surface area contributed by atoms with Crippen LogP contribution in [0.15, 0.2) is 30.3 Å². The van der Waals surface area contributed by atoms with Gasteiger partial charge in [0.05, 0.1) is 28.4 Å². The lowest BCUT2D eigenvalue weighted by atomic mass is 9.92. The highest BCUT2D eigenvalue weighted by molar-refractivity contribution is 5.56. The van der Waals surface area contributed by atoms with E-state index >= 15 is 0 Å². The topological polar surface area (TPSA) is 57.2 Å². The molecule has 0 heterocycles. The minimum atomic E-state index is 0.0283. The predicted octanol–water partition coefficient (Wildman–Crippen LogP) is 3.58. The zero-order valence-electron chi connectivity index (χ0n) is 14.0. The third-order valence-electron chi connectivity index (χ3n) is 3.89. The molecule has 5 heteroatoms. The SMILES string of the molecule is COc1ccc(C(C)c2cc(OC)c(OC)c(OC)c2)cc1O. The molecule has 5 nitrogen and oxygen atoms in total. The number of rotatable bonds is 6. The Morgan fingerprint density at radius 1 is 0.739 bits per heavy atom. The lowest BCUT2D eigenvalue weighted by Crippen LogP contribution is -2.01. The van der Waals surface area contributed by atoms with Crippen molar-refractivity contribution in [2.24, 2.45) is 0 Å². The molecule has 2 aromatic carbocycles. The number of hydrogen-bond acceptors (Lipinski definition) is 5. The molecule has 0 aliphatic heterocycles. The molecule has 0 radical (unpaired) electrons. The van der Waals surface area contributed by atoms with E-state index in [0.717, 1.165) is 11.1 Å². The maximum atomic E-state index is 9.98. The van der Waals surface area contributed by atoms with Gasteiger partial charge in [0.2, 0.25) is 5.75 Å². The molecule has 0 amide bonds. The fourth-order valence-corrected chi connectivity index (χ4v) is 2.52. The molecule has 0 bridgehead atoms. The van der Waals surface area contributed by atoms with E-state index in [1.54, 1.807) is 33.5 Å². The maximum Gasteiger partial charge on any atom is 0.203 e. The fourth-order valence-electron chi connectivity index (χ4n) is 2.52. The lowest BCUT2D eigenvalue weighted by Gasteiger charge is -2.18. The quantitative estimate of drug-likeness (QED) is 0.882. The summed E-state index contributed by atoms with van der Waals surface area (Å²) >= 11 is 0. The van der Waals surface area contributed by atoms with Gasteiger partial charge in [0, 0.05) is 5.92 Å². The Morgan fingerprint density at radius 2 is 1.30 bits per heavy atom. The van der Waals surface area contributed by atoms with Gasteiger partial charge in [-0.3, -0.25) is 0 Å². The highest BCUT2D eigenvalue weighted by atomic mass is 16.5. The number of aromatic hydroxyl groups is 1. The third-order valence-corrected chi connectivity index (χ3v) is 3.89. The monoisotopic (exact) mass is 318 g/mol. The first kappa shape index (κ1) is 16.8. The van der Waals surface area contributed by atoms with E-state index in [1.807, 2.05) is 25.1 Å². The minimum Gasteiger partial charge on any atom is -0.504 e. The van der Waals surface area contributed by atoms with E-state index in [-0.39, 0.29) is 11.7 Å². The second kappa shape index (κ2) is 7.13. The minimum absolute atomic E-state index is 0.0283. The first-order chi connectivity index (χ1) is 11.0. The number of phenols is 1. The van der Waals surface area contributed by atoms with Crippen LogP contribution in [-0.4, -0.2) is 33.5 Å². The molecule has 0 saturated heterocycles. The first-order valence-corrected chi connectivity index (χ1v) is 7.22. The maximum absolute atomic E-state index is 9.98. The second-order valence-corrected chi connectivity index (χ2v) is 5.11. The molecule has 0 spiro atoms. The van der Waals surface area contributed by atoms with Crippen molar-refractivity contribution in [3.8, 4) is 28.7 Å². The molecule has 0 aromatic heterocycles. The summed E-state index contributed by atoms with van der Waals surface area (Å²) in [5.41, 5.74) is 1.95. The van der Waals surface area contributed by atoms with Crippen LogP contribution in [0.5, 0.6) is 28.7 Å². The van der Waals surface area contributed by atoms with Gasteiger partial charge < -0.3 is 24.1 Å². The summed E-state index contributed by atoms with van der Waals surface area (Å²) in [7, 11) is 6.28. The van der Waals surface area contributed by atoms with Crippen molar-refractivity contribution in [1.82, 2.24) is 0 Å². The van der Waals surface area contributed by atoms with Crippen LogP contribution in [0.3, 0.4) is 0 Å². The van der Waals surface area contributed by atoms with E-state index in [0.29, 0.717) is 23.0 Å². The normalized spacial score (nSPS) is 11.7. The summed E-state index contributed by atoms with van der Waals surface area (Å²) in [6, 6.07) is 9.19. The van der Waals surface area contributed by atoms with Gasteiger partial charge in [-0.15, -0.1) is 0 Å². The average Bonchev–Trinajstić information content (AvgIpc) is 2.59. The molecule has 0 saturated carbocycles. The number of phenolic OH excluding ortho intramolecular Hbond substituents is 1. The Morgan fingerprint density at radius 3 is 1.74 bits per heavy atom. The van der Waals surface area contributed by atoms with Crippen LogP contribution in [0.2, 0.25) is 0 Å². The lowest BCUT2D eigenvalue weighted by molar-refractivity contribution is 0.323. The molecular formula is C18H22O5. The summed E-state index contributed by atoms with van der Waals surface area (Å²) in [6.07, 6.45) is 0. The summed E-state index contributed by atoms with van der Waals surface area (Å²) in [5.74, 6) is 2.36. The molecule has 2 rings (SSSR count). The summed E-state index contributed by atoms with van der Waals surface area (Å²) < 4.78 is 21.2. The molecule has 0 fully saturated rings. The van der Waals surface area contributed by atoms with Gasteiger partial charge in [-0.05, 0) is 35.4 Å². The van der Waals surface area contributed by atoms with Crippen molar-refractivity contribution in [3.63, 3.8) is 0 Å². The van der Waals surface area contributed by atoms with Crippen molar-refractivity contribution < 1.29 is 24.1 Å². The van der Waals surface area contributed by atoms with Gasteiger partial charge in [-0.25, -0.2) is 0 Å². The smallest absolute Gasteiger partial charge is 0.203 e. The van der Waals surface area contributed by atoms with Crippen LogP contribution in [0.4, 0.5) is 0 Å². The third kappa shape index (κ3) is 3.28. The zero-order valence-corrected chi connectivity index (χ0v) is 14.0. The number of benzene rings is 2. The van der Waals surface area contributed by atoms with Crippen molar-refractivity contribution in [2.45, 2.75) is 12.8 Å². The molecule has 124 valence electrons. The van der Waals surface area contributed by atoms with Crippen molar-refractivity contribution in [1.29, 1.82) is 0 Å². The van der Waals surface area contributed by atoms with Gasteiger partial charge in [0.1, 0.15) is 0 Å². The number of ether oxygens (including phenoxy) is 4. The molecule has 2 aromatic rings. The Bertz CT molecular complexity index is 656. The number of methoxy groups -OCH3 is 4. The fraction of sp³-hybridized carbons (Fsp3) is 0.333. The summed E-state index contributed by atoms with van der Waals surface area (Å²) in [6.45, 7) is 2.04. The van der Waals surface area contributed by atoms with Crippen LogP contribution >= 0.6 is 0 Å². The average molecular weight is 318 g/mol. The molecule has 1 unspecified atom stereocenters. The van der Waals surface area contributed by atoms with Crippen LogP contribution in [0.25, 0.3) is 0 Å². The second-order valence-electron chi connectivity index (χ2n) is 5.11. The Labute approximate surface area is 136 Å². The van der Waals surface area contributed by atoms with E-state index in [1.165, 1.54) is 7.11 Å². The predicted molar refractivity (Wildman–Crippen MR) is 88.3 cm³/mol. The molecule has 1 atom stereocenters. The molecular weight excluding hydrogens is 296 g/mol. The van der Waals surface area contributed by atoms with Gasteiger partial charge in [0.25, 0.3) is 0 Å². The van der Waals surface area contributed by atoms with Gasteiger partial charge in [0.15, 0.2) is 23.0 Å². The van der Waals surface area contributed by atoms with Crippen LogP contribution < -0.4 is 18.9 Å². The molecule has 1 N–H and O–H groups in total. The highest BCUT2D eigenvalue weighted by Gasteiger charge is 2.18. The summed E-state index contributed by atoms with van der Waals surface area (Å²) in [5, 5.41) is 9.98. The Kier molecular flexibility index (Phi) is 5.21. The molecule has 23 heavy (non-hydrogen) atoms. The van der Waals surface area contributed by atoms with Crippen molar-refractivity contribution in [2.75, 3.05) is 28.4 Å². The van der Waals surface area contributed by atoms with Crippen LogP contribution in [0, 0.1) is 0 Å². The molecule has 0 aliphatic rings. The molecule has 0 aliphatic carbocycles. The Balaban J connectivity index is 2.46. The highest BCUT2D eigenvalue weighted by Crippen LogP contribution is 2.41. The number of hydrogen-bond donors (Lipinski definition) is 1. The standard InChI is InChI=1S/C18H22O5/c1-11(12-6-7-15(20-2)14(19)8-12)13-9-16(21-3)18(23-5)17(10-13)22-4/h6-11,19H,1-5H3. The zero-order chi connectivity index (χ0) is 17.0. The van der Waals surface area contributed by atoms with E-state index in [4.69, 9.17) is 18.9 Å². The first-order valence-electron chi connectivity index (χ1n) is 7.22. The largest absolute Gasteiger partial charge is 0.504 e. The van der Waals surface area contributed by atoms with Gasteiger partial charge in [-0.1, -0.05) is 13.0 Å². The van der Waals surface area contributed by atoms with Gasteiger partial charge >= 0.3 is 0 Å². The van der Waals surface area contributed by atoms with Crippen molar-refractivity contribution in [3.05, 3.63) is 41.5 Å². The summed E-state index contributed by atoms with van der Waals surface area (Å²) in [4.78, 5) is 0. The van der Waals surface area contributed by atoms with Crippen LogP contribution in [0.1, 0.15) is 24.0 Å². The van der Waals surface area contributed by atoms with Gasteiger partial charge in [-0.2, -0.15) is 0 Å². The van der Waals surface area contributed by atoms with E-state index in [2.05, 4.69) is 0 Å². The van der Waals surface area contributed by atoms with Crippen LogP contribution in [-0.2, 0) is 0 Å². The van der Waals surface area contributed by atoms with E-state index < -0.39 is 0 Å². The van der Waals surface area contributed by atoms with Crippen molar-refractivity contribution >= 4 is 0 Å². The Hall–Kier alpha value is -2.56.